The van der Waals surface area contributed by atoms with E-state index in [2.05, 4.69) is 62.2 Å². The van der Waals surface area contributed by atoms with Crippen molar-refractivity contribution in [3.63, 3.8) is 0 Å². The number of likely N-dealkylation sites (tertiary alicyclic amines) is 1. The number of carbonyl (C=O) groups excluding carboxylic acids is 2. The third-order valence-electron chi connectivity index (χ3n) is 7.17. The molecule has 4 rings (SSSR count). The molecule has 1 aromatic rings. The van der Waals surface area contributed by atoms with Gasteiger partial charge in [0.05, 0.1) is 0 Å². The molecule has 3 atom stereocenters. The van der Waals surface area contributed by atoms with Crippen molar-refractivity contribution >= 4 is 11.8 Å². The second kappa shape index (κ2) is 6.60. The molecule has 28 heavy (non-hydrogen) atoms. The molecule has 1 aromatic carbocycles. The molecular formula is C24H34N2O2. The zero-order valence-electron chi connectivity index (χ0n) is 17.9. The van der Waals surface area contributed by atoms with Crippen LogP contribution in [-0.4, -0.2) is 35.3 Å². The van der Waals surface area contributed by atoms with Crippen molar-refractivity contribution in [2.45, 2.75) is 70.8 Å². The molecule has 0 aromatic heterocycles. The number of nitrogens with one attached hydrogen (secondary N) is 1. The zero-order chi connectivity index (χ0) is 20.3. The van der Waals surface area contributed by atoms with Gasteiger partial charge in [0.25, 0.3) is 0 Å². The van der Waals surface area contributed by atoms with Crippen molar-refractivity contribution in [1.82, 2.24) is 10.2 Å². The van der Waals surface area contributed by atoms with E-state index < -0.39 is 0 Å². The topological polar surface area (TPSA) is 49.4 Å². The highest BCUT2D eigenvalue weighted by atomic mass is 16.2. The predicted molar refractivity (Wildman–Crippen MR) is 111 cm³/mol. The third kappa shape index (κ3) is 3.46. The van der Waals surface area contributed by atoms with E-state index >= 15 is 0 Å². The Morgan fingerprint density at radius 1 is 1.11 bits per heavy atom. The highest BCUT2D eigenvalue weighted by molar-refractivity contribution is 5.82. The van der Waals surface area contributed by atoms with Crippen LogP contribution in [0.15, 0.2) is 24.3 Å². The molecule has 0 radical (unpaired) electrons. The Morgan fingerprint density at radius 3 is 2.18 bits per heavy atom. The van der Waals surface area contributed by atoms with Gasteiger partial charge in [-0.25, -0.2) is 0 Å². The number of carbonyl (C=O) groups is 2. The smallest absolute Gasteiger partial charge is 0.225 e. The number of hydrogen-bond acceptors (Lipinski definition) is 2. The van der Waals surface area contributed by atoms with Crippen molar-refractivity contribution in [1.29, 1.82) is 0 Å². The second-order valence-corrected chi connectivity index (χ2v) is 10.5. The Balaban J connectivity index is 1.29. The molecule has 0 spiro atoms. The minimum absolute atomic E-state index is 0.0798. The highest BCUT2D eigenvalue weighted by Gasteiger charge is 2.58. The summed E-state index contributed by atoms with van der Waals surface area (Å²) in [5, 5.41) is 3.07. The van der Waals surface area contributed by atoms with Crippen LogP contribution in [0, 0.1) is 17.8 Å². The maximum atomic E-state index is 12.8. The SMILES string of the molecule is CCC(=O)NC1(C)CC(C(=O)N2C[C@@H]3C(c4ccc(C(C)(C)C)cc4)[C@@H]3C2)C1. The van der Waals surface area contributed by atoms with Gasteiger partial charge in [-0.3, -0.25) is 9.59 Å². The molecule has 0 bridgehead atoms. The first-order valence-electron chi connectivity index (χ1n) is 10.8. The molecule has 2 saturated carbocycles. The zero-order valence-corrected chi connectivity index (χ0v) is 17.9. The standard InChI is InChI=1S/C24H34N2O2/c1-6-20(27)25-24(5)11-16(12-24)22(28)26-13-18-19(14-26)21(18)15-7-9-17(10-8-15)23(2,3)4/h7-10,16,18-19,21H,6,11-14H2,1-5H3,(H,25,27)/t16?,18-,19+,21?,24?. The minimum atomic E-state index is -0.187. The summed E-state index contributed by atoms with van der Waals surface area (Å²) < 4.78 is 0. The molecule has 2 aliphatic carbocycles. The maximum Gasteiger partial charge on any atom is 0.225 e. The van der Waals surface area contributed by atoms with E-state index in [0.717, 1.165) is 25.9 Å². The monoisotopic (exact) mass is 382 g/mol. The minimum Gasteiger partial charge on any atom is -0.351 e. The molecular weight excluding hydrogens is 348 g/mol. The van der Waals surface area contributed by atoms with E-state index in [-0.39, 0.29) is 22.8 Å². The number of fused-ring (bicyclic) bond motifs is 1. The molecule has 3 fully saturated rings. The number of nitrogens with zero attached hydrogens (tertiary/aromatic N) is 1. The van der Waals surface area contributed by atoms with Crippen LogP contribution in [0.2, 0.25) is 0 Å². The fourth-order valence-electron chi connectivity index (χ4n) is 5.39. The van der Waals surface area contributed by atoms with E-state index in [9.17, 15) is 9.59 Å². The van der Waals surface area contributed by atoms with Crippen molar-refractivity contribution in [3.05, 3.63) is 35.4 Å². The van der Waals surface area contributed by atoms with Gasteiger partial charge in [-0.15, -0.1) is 0 Å². The molecule has 1 unspecified atom stereocenters. The molecule has 1 aliphatic heterocycles. The summed E-state index contributed by atoms with van der Waals surface area (Å²) in [6, 6.07) is 9.13. The van der Waals surface area contributed by atoms with Gasteiger partial charge < -0.3 is 10.2 Å². The lowest BCUT2D eigenvalue weighted by Gasteiger charge is -2.46. The van der Waals surface area contributed by atoms with Gasteiger partial charge in [-0.05, 0) is 54.1 Å². The van der Waals surface area contributed by atoms with Crippen molar-refractivity contribution in [2.24, 2.45) is 17.8 Å². The quantitative estimate of drug-likeness (QED) is 0.860. The first-order valence-corrected chi connectivity index (χ1v) is 10.8. The lowest BCUT2D eigenvalue weighted by molar-refractivity contribution is -0.142. The summed E-state index contributed by atoms with van der Waals surface area (Å²) in [6.07, 6.45) is 2.06. The van der Waals surface area contributed by atoms with Crippen LogP contribution >= 0.6 is 0 Å². The molecule has 3 aliphatic rings. The van der Waals surface area contributed by atoms with Crippen LogP contribution < -0.4 is 5.32 Å². The number of hydrogen-bond donors (Lipinski definition) is 1. The van der Waals surface area contributed by atoms with Gasteiger partial charge in [0.15, 0.2) is 0 Å². The molecule has 1 N–H and O–H groups in total. The highest BCUT2D eigenvalue weighted by Crippen LogP contribution is 2.58. The van der Waals surface area contributed by atoms with E-state index in [1.54, 1.807) is 0 Å². The Bertz CT molecular complexity index is 759. The molecule has 4 heteroatoms. The van der Waals surface area contributed by atoms with E-state index in [0.29, 0.717) is 30.1 Å². The Morgan fingerprint density at radius 2 is 1.68 bits per heavy atom. The normalized spacial score (nSPS) is 33.8. The summed E-state index contributed by atoms with van der Waals surface area (Å²) in [5.41, 5.74) is 2.82. The van der Waals surface area contributed by atoms with Gasteiger partial charge in [0.1, 0.15) is 0 Å². The molecule has 4 nitrogen and oxygen atoms in total. The lowest BCUT2D eigenvalue weighted by Crippen LogP contribution is -2.58. The summed E-state index contributed by atoms with van der Waals surface area (Å²) in [5.74, 6) is 2.37. The van der Waals surface area contributed by atoms with Gasteiger partial charge in [-0.1, -0.05) is 52.0 Å². The van der Waals surface area contributed by atoms with Crippen molar-refractivity contribution in [3.8, 4) is 0 Å². The first-order chi connectivity index (χ1) is 13.1. The van der Waals surface area contributed by atoms with Crippen molar-refractivity contribution < 1.29 is 9.59 Å². The number of amides is 2. The fraction of sp³-hybridized carbons (Fsp3) is 0.667. The van der Waals surface area contributed by atoms with Gasteiger partial charge in [-0.2, -0.15) is 0 Å². The number of benzene rings is 1. The van der Waals surface area contributed by atoms with E-state index in [1.807, 2.05) is 6.92 Å². The van der Waals surface area contributed by atoms with Gasteiger partial charge >= 0.3 is 0 Å². The Labute approximate surface area is 169 Å². The Hall–Kier alpha value is -1.84. The third-order valence-corrected chi connectivity index (χ3v) is 7.17. The fourth-order valence-corrected chi connectivity index (χ4v) is 5.39. The van der Waals surface area contributed by atoms with Crippen LogP contribution in [0.25, 0.3) is 0 Å². The first kappa shape index (κ1) is 19.5. The average Bonchev–Trinajstić information content (AvgIpc) is 3.11. The largest absolute Gasteiger partial charge is 0.351 e. The van der Waals surface area contributed by atoms with Crippen LogP contribution in [-0.2, 0) is 15.0 Å². The summed E-state index contributed by atoms with van der Waals surface area (Å²) in [4.78, 5) is 26.6. The second-order valence-electron chi connectivity index (χ2n) is 10.5. The van der Waals surface area contributed by atoms with Crippen LogP contribution in [0.3, 0.4) is 0 Å². The van der Waals surface area contributed by atoms with Crippen LogP contribution in [0.5, 0.6) is 0 Å². The lowest BCUT2D eigenvalue weighted by atomic mass is 9.68. The number of rotatable bonds is 4. The van der Waals surface area contributed by atoms with E-state index in [4.69, 9.17) is 0 Å². The summed E-state index contributed by atoms with van der Waals surface area (Å²) in [7, 11) is 0. The Kier molecular flexibility index (Phi) is 4.59. The van der Waals surface area contributed by atoms with E-state index in [1.165, 1.54) is 11.1 Å². The molecule has 152 valence electrons. The van der Waals surface area contributed by atoms with Crippen LogP contribution in [0.1, 0.15) is 70.9 Å². The summed E-state index contributed by atoms with van der Waals surface area (Å²) >= 11 is 0. The van der Waals surface area contributed by atoms with Crippen LogP contribution in [0.4, 0.5) is 0 Å². The molecule has 2 amide bonds. The molecule has 1 heterocycles. The van der Waals surface area contributed by atoms with Crippen molar-refractivity contribution in [2.75, 3.05) is 13.1 Å². The maximum absolute atomic E-state index is 12.8. The average molecular weight is 383 g/mol. The van der Waals surface area contributed by atoms with Gasteiger partial charge in [0, 0.05) is 31.0 Å². The summed E-state index contributed by atoms with van der Waals surface area (Å²) in [6.45, 7) is 12.5. The predicted octanol–water partition coefficient (Wildman–Crippen LogP) is 3.85. The molecule has 1 saturated heterocycles. The number of piperidine rings is 1. The van der Waals surface area contributed by atoms with Gasteiger partial charge in [0.2, 0.25) is 11.8 Å².